The second-order valence-corrected chi connectivity index (χ2v) is 4.20. The van der Waals surface area contributed by atoms with Crippen LogP contribution in [0.3, 0.4) is 0 Å². The molecule has 0 spiro atoms. The van der Waals surface area contributed by atoms with Gasteiger partial charge in [-0.05, 0) is 24.6 Å². The summed E-state index contributed by atoms with van der Waals surface area (Å²) >= 11 is 0. The predicted molar refractivity (Wildman–Crippen MR) is 71.0 cm³/mol. The van der Waals surface area contributed by atoms with Gasteiger partial charge >= 0.3 is 6.18 Å². The second-order valence-electron chi connectivity index (χ2n) is 4.20. The number of benzene rings is 1. The summed E-state index contributed by atoms with van der Waals surface area (Å²) in [5.74, 6) is 4.79. The molecule has 6 heteroatoms. The van der Waals surface area contributed by atoms with Crippen LogP contribution in [-0.2, 0) is 4.79 Å². The molecule has 0 saturated carbocycles. The topological polar surface area (TPSA) is 55.1 Å². The minimum atomic E-state index is -4.33. The number of carbonyl (C=O) groups is 1. The molecule has 0 saturated heterocycles. The van der Waals surface area contributed by atoms with Crippen LogP contribution in [0, 0.1) is 18.8 Å². The Kier molecular flexibility index (Phi) is 5.59. The molecule has 0 aromatic heterocycles. The number of amides is 1. The third kappa shape index (κ3) is 5.76. The van der Waals surface area contributed by atoms with Crippen LogP contribution < -0.4 is 11.1 Å². The molecule has 0 aliphatic rings. The van der Waals surface area contributed by atoms with Gasteiger partial charge in [-0.2, -0.15) is 13.2 Å². The number of aryl methyl sites for hydroxylation is 1. The fourth-order valence-electron chi connectivity index (χ4n) is 1.46. The molecule has 20 heavy (non-hydrogen) atoms. The minimum Gasteiger partial charge on any atom is -0.326 e. The molecule has 0 unspecified atom stereocenters. The van der Waals surface area contributed by atoms with Gasteiger partial charge in [0.15, 0.2) is 0 Å². The van der Waals surface area contributed by atoms with E-state index in [-0.39, 0.29) is 6.54 Å². The molecule has 0 fully saturated rings. The molecule has 0 heterocycles. The lowest BCUT2D eigenvalue weighted by molar-refractivity contribution is -0.142. The summed E-state index contributed by atoms with van der Waals surface area (Å²) in [6.07, 6.45) is -6.06. The molecule has 108 valence electrons. The zero-order chi connectivity index (χ0) is 15.2. The average Bonchev–Trinajstić information content (AvgIpc) is 2.36. The number of carbonyl (C=O) groups excluding carboxylic acids is 1. The Morgan fingerprint density at radius 1 is 1.40 bits per heavy atom. The van der Waals surface area contributed by atoms with E-state index < -0.39 is 24.9 Å². The van der Waals surface area contributed by atoms with Gasteiger partial charge in [0, 0.05) is 17.7 Å². The highest BCUT2D eigenvalue weighted by molar-refractivity contribution is 5.91. The van der Waals surface area contributed by atoms with E-state index in [9.17, 15) is 18.0 Å². The van der Waals surface area contributed by atoms with Crippen molar-refractivity contribution in [2.75, 3.05) is 11.9 Å². The zero-order valence-corrected chi connectivity index (χ0v) is 11.0. The largest absolute Gasteiger partial charge is 0.389 e. The van der Waals surface area contributed by atoms with Crippen molar-refractivity contribution in [2.45, 2.75) is 25.9 Å². The fraction of sp³-hybridized carbons (Fsp3) is 0.357. The Labute approximate surface area is 115 Å². The lowest BCUT2D eigenvalue weighted by atomic mass is 10.1. The van der Waals surface area contributed by atoms with Gasteiger partial charge in [-0.25, -0.2) is 0 Å². The first kappa shape index (κ1) is 16.1. The fourth-order valence-corrected chi connectivity index (χ4v) is 1.46. The summed E-state index contributed by atoms with van der Waals surface area (Å²) in [6, 6.07) is 5.10. The van der Waals surface area contributed by atoms with Crippen LogP contribution in [-0.4, -0.2) is 18.6 Å². The molecule has 1 aromatic rings. The summed E-state index contributed by atoms with van der Waals surface area (Å²) in [4.78, 5) is 11.5. The van der Waals surface area contributed by atoms with Crippen molar-refractivity contribution in [3.8, 4) is 11.8 Å². The Morgan fingerprint density at radius 2 is 2.10 bits per heavy atom. The molecule has 3 nitrogen and oxygen atoms in total. The first-order valence-corrected chi connectivity index (χ1v) is 5.98. The number of alkyl halides is 3. The molecule has 1 aromatic carbocycles. The summed E-state index contributed by atoms with van der Waals surface area (Å²) in [5.41, 5.74) is 7.11. The number of nitrogens with two attached hydrogens (primary N) is 1. The highest BCUT2D eigenvalue weighted by Crippen LogP contribution is 2.22. The quantitative estimate of drug-likeness (QED) is 0.838. The van der Waals surface area contributed by atoms with Crippen molar-refractivity contribution in [3.05, 3.63) is 29.3 Å². The molecule has 1 rings (SSSR count). The van der Waals surface area contributed by atoms with E-state index in [1.807, 2.05) is 0 Å². The maximum absolute atomic E-state index is 12.0. The lowest BCUT2D eigenvalue weighted by Crippen LogP contribution is -2.17. The number of anilines is 1. The second kappa shape index (κ2) is 6.96. The van der Waals surface area contributed by atoms with E-state index in [2.05, 4.69) is 17.2 Å². The molecule has 0 aliphatic heterocycles. The van der Waals surface area contributed by atoms with Crippen LogP contribution in [0.5, 0.6) is 0 Å². The van der Waals surface area contributed by atoms with E-state index in [4.69, 9.17) is 5.73 Å². The normalized spacial score (nSPS) is 10.7. The van der Waals surface area contributed by atoms with Crippen LogP contribution in [0.2, 0.25) is 0 Å². The van der Waals surface area contributed by atoms with Gasteiger partial charge in [0.1, 0.15) is 0 Å². The summed E-state index contributed by atoms with van der Waals surface area (Å²) in [7, 11) is 0. The monoisotopic (exact) mass is 284 g/mol. The first-order chi connectivity index (χ1) is 9.31. The van der Waals surface area contributed by atoms with Gasteiger partial charge in [-0.15, -0.1) is 0 Å². The standard InChI is InChI=1S/C14H15F3N2O/c1-10-4-5-11(3-2-8-18)9-12(10)19-13(20)6-7-14(15,16)17/h4-5,9H,6-8,18H2,1H3,(H,19,20). The lowest BCUT2D eigenvalue weighted by Gasteiger charge is -2.10. The summed E-state index contributed by atoms with van der Waals surface area (Å²) in [5, 5.41) is 2.46. The van der Waals surface area contributed by atoms with Crippen molar-refractivity contribution < 1.29 is 18.0 Å². The van der Waals surface area contributed by atoms with Crippen molar-refractivity contribution in [3.63, 3.8) is 0 Å². The Morgan fingerprint density at radius 3 is 2.70 bits per heavy atom. The van der Waals surface area contributed by atoms with Gasteiger partial charge in [0.25, 0.3) is 0 Å². The van der Waals surface area contributed by atoms with Gasteiger partial charge in [-0.3, -0.25) is 4.79 Å². The Bertz CT molecular complexity index is 542. The molecular formula is C14H15F3N2O. The van der Waals surface area contributed by atoms with Gasteiger partial charge < -0.3 is 11.1 Å². The van der Waals surface area contributed by atoms with Gasteiger partial charge in [0.2, 0.25) is 5.91 Å². The highest BCUT2D eigenvalue weighted by Gasteiger charge is 2.27. The number of hydrogen-bond donors (Lipinski definition) is 2. The van der Waals surface area contributed by atoms with E-state index >= 15 is 0 Å². The third-order valence-corrected chi connectivity index (χ3v) is 2.48. The van der Waals surface area contributed by atoms with Crippen molar-refractivity contribution in [1.29, 1.82) is 0 Å². The molecular weight excluding hydrogens is 269 g/mol. The van der Waals surface area contributed by atoms with E-state index in [1.54, 1.807) is 25.1 Å². The van der Waals surface area contributed by atoms with E-state index in [0.29, 0.717) is 11.3 Å². The molecule has 0 bridgehead atoms. The molecule has 0 radical (unpaired) electrons. The number of hydrogen-bond acceptors (Lipinski definition) is 2. The predicted octanol–water partition coefficient (Wildman–Crippen LogP) is 2.59. The maximum atomic E-state index is 12.0. The smallest absolute Gasteiger partial charge is 0.326 e. The molecule has 1 amide bonds. The van der Waals surface area contributed by atoms with Crippen LogP contribution >= 0.6 is 0 Å². The number of halogens is 3. The summed E-state index contributed by atoms with van der Waals surface area (Å²) in [6.45, 7) is 1.96. The van der Waals surface area contributed by atoms with Crippen LogP contribution in [0.1, 0.15) is 24.0 Å². The van der Waals surface area contributed by atoms with Gasteiger partial charge in [-0.1, -0.05) is 17.9 Å². The van der Waals surface area contributed by atoms with Crippen LogP contribution in [0.25, 0.3) is 0 Å². The number of nitrogens with one attached hydrogen (secondary N) is 1. The summed E-state index contributed by atoms with van der Waals surface area (Å²) < 4.78 is 36.1. The SMILES string of the molecule is Cc1ccc(C#CCN)cc1NC(=O)CCC(F)(F)F. The number of rotatable bonds is 3. The highest BCUT2D eigenvalue weighted by atomic mass is 19.4. The van der Waals surface area contributed by atoms with E-state index in [1.165, 1.54) is 0 Å². The minimum absolute atomic E-state index is 0.209. The first-order valence-electron chi connectivity index (χ1n) is 5.98. The van der Waals surface area contributed by atoms with E-state index in [0.717, 1.165) is 5.56 Å². The van der Waals surface area contributed by atoms with Crippen LogP contribution in [0.4, 0.5) is 18.9 Å². The zero-order valence-electron chi connectivity index (χ0n) is 11.0. The van der Waals surface area contributed by atoms with Crippen molar-refractivity contribution in [2.24, 2.45) is 5.73 Å². The van der Waals surface area contributed by atoms with Crippen LogP contribution in [0.15, 0.2) is 18.2 Å². The van der Waals surface area contributed by atoms with Gasteiger partial charge in [0.05, 0.1) is 13.0 Å². The van der Waals surface area contributed by atoms with Crippen molar-refractivity contribution >= 4 is 11.6 Å². The van der Waals surface area contributed by atoms with Crippen molar-refractivity contribution in [1.82, 2.24) is 0 Å². The maximum Gasteiger partial charge on any atom is 0.389 e. The Hall–Kier alpha value is -2.00. The molecule has 0 aliphatic carbocycles. The molecule has 3 N–H and O–H groups in total. The molecule has 0 atom stereocenters. The Balaban J connectivity index is 2.73. The average molecular weight is 284 g/mol. The third-order valence-electron chi connectivity index (χ3n) is 2.48.